The number of hydrogen-bond donors (Lipinski definition) is 0. The van der Waals surface area contributed by atoms with E-state index in [1.54, 1.807) is 0 Å². The summed E-state index contributed by atoms with van der Waals surface area (Å²) in [5.74, 6) is 1.74. The van der Waals surface area contributed by atoms with Gasteiger partial charge in [-0.15, -0.1) is 0 Å². The molecule has 0 spiro atoms. The van der Waals surface area contributed by atoms with Gasteiger partial charge in [0.1, 0.15) is 6.10 Å². The Morgan fingerprint density at radius 1 is 0.818 bits per heavy atom. The molecule has 2 atom stereocenters. The first-order valence-electron chi connectivity index (χ1n) is 9.13. The van der Waals surface area contributed by atoms with Gasteiger partial charge in [-0.25, -0.2) is 0 Å². The largest absolute Gasteiger partial charge is 0.373 e. The molecule has 1 aromatic rings. The van der Waals surface area contributed by atoms with E-state index in [4.69, 9.17) is 9.47 Å². The van der Waals surface area contributed by atoms with E-state index in [0.29, 0.717) is 6.61 Å². The van der Waals surface area contributed by atoms with Crippen LogP contribution >= 0.6 is 0 Å². The van der Waals surface area contributed by atoms with E-state index in [2.05, 4.69) is 38.1 Å². The molecule has 0 radical (unpaired) electrons. The molecule has 3 rings (SSSR count). The highest BCUT2D eigenvalue weighted by Gasteiger charge is 2.24. The molecule has 0 aromatic heterocycles. The third kappa shape index (κ3) is 3.72. The lowest BCUT2D eigenvalue weighted by Gasteiger charge is -2.30. The average molecular weight is 302 g/mol. The first-order chi connectivity index (χ1) is 10.8. The van der Waals surface area contributed by atoms with E-state index in [0.717, 1.165) is 24.9 Å². The Morgan fingerprint density at radius 2 is 1.50 bits per heavy atom. The topological polar surface area (TPSA) is 18.5 Å². The van der Waals surface area contributed by atoms with Crippen molar-refractivity contribution in [1.82, 2.24) is 0 Å². The summed E-state index contributed by atoms with van der Waals surface area (Å²) in [6.07, 6.45) is 8.31. The highest BCUT2D eigenvalue weighted by atomic mass is 16.6. The van der Waals surface area contributed by atoms with Gasteiger partial charge in [0.2, 0.25) is 0 Å². The van der Waals surface area contributed by atoms with Crippen LogP contribution in [0.3, 0.4) is 0 Å². The van der Waals surface area contributed by atoms with Crippen molar-refractivity contribution in [2.24, 2.45) is 5.92 Å². The Kier molecular flexibility index (Phi) is 5.54. The number of benzene rings is 1. The van der Waals surface area contributed by atoms with E-state index < -0.39 is 0 Å². The van der Waals surface area contributed by atoms with Crippen LogP contribution in [0.15, 0.2) is 24.3 Å². The smallest absolute Gasteiger partial charge is 0.106 e. The van der Waals surface area contributed by atoms with Crippen LogP contribution in [-0.2, 0) is 9.47 Å². The van der Waals surface area contributed by atoms with E-state index in [9.17, 15) is 0 Å². The van der Waals surface area contributed by atoms with Crippen molar-refractivity contribution in [1.29, 1.82) is 0 Å². The Balaban J connectivity index is 1.57. The minimum atomic E-state index is 0.118. The summed E-state index contributed by atoms with van der Waals surface area (Å²) in [6.45, 7) is 5.90. The molecule has 22 heavy (non-hydrogen) atoms. The molecule has 2 fully saturated rings. The van der Waals surface area contributed by atoms with Gasteiger partial charge in [0.05, 0.1) is 19.3 Å². The zero-order valence-corrected chi connectivity index (χ0v) is 14.1. The second kappa shape index (κ2) is 7.61. The maximum atomic E-state index is 5.96. The van der Waals surface area contributed by atoms with Crippen LogP contribution in [0, 0.1) is 5.92 Å². The summed E-state index contributed by atoms with van der Waals surface area (Å²) in [7, 11) is 0. The third-order valence-corrected chi connectivity index (χ3v) is 5.63. The normalized spacial score (nSPS) is 32.8. The molecule has 1 aliphatic heterocycles. The van der Waals surface area contributed by atoms with E-state index in [1.807, 2.05) is 0 Å². The molecule has 0 amide bonds. The summed E-state index contributed by atoms with van der Waals surface area (Å²) in [6, 6.07) is 9.15. The molecular weight excluding hydrogens is 272 g/mol. The maximum absolute atomic E-state index is 5.96. The van der Waals surface area contributed by atoms with Gasteiger partial charge in [0, 0.05) is 0 Å². The highest BCUT2D eigenvalue weighted by molar-refractivity contribution is 5.27. The van der Waals surface area contributed by atoms with Crippen molar-refractivity contribution in [3.05, 3.63) is 35.4 Å². The Labute approximate surface area is 135 Å². The molecule has 1 heterocycles. The molecule has 2 nitrogen and oxygen atoms in total. The van der Waals surface area contributed by atoms with Crippen LogP contribution in [0.4, 0.5) is 0 Å². The van der Waals surface area contributed by atoms with E-state index >= 15 is 0 Å². The van der Waals surface area contributed by atoms with Gasteiger partial charge in [-0.3, -0.25) is 0 Å². The van der Waals surface area contributed by atoms with Gasteiger partial charge in [0.25, 0.3) is 0 Å². The van der Waals surface area contributed by atoms with Gasteiger partial charge < -0.3 is 9.47 Å². The molecule has 0 unspecified atom stereocenters. The summed E-state index contributed by atoms with van der Waals surface area (Å²) < 4.78 is 11.8. The molecule has 1 saturated carbocycles. The minimum Gasteiger partial charge on any atom is -0.373 e. The SMILES string of the molecule is CCC1CCC(c2ccc([C@@H]3CO[C@@H](CC)CO3)cc2)CC1. The van der Waals surface area contributed by atoms with Crippen molar-refractivity contribution in [3.8, 4) is 0 Å². The summed E-state index contributed by atoms with van der Waals surface area (Å²) in [5.41, 5.74) is 2.78. The molecule has 1 saturated heterocycles. The fourth-order valence-electron chi connectivity index (χ4n) is 3.86. The molecule has 0 N–H and O–H groups in total. The second-order valence-corrected chi connectivity index (χ2v) is 6.98. The fourth-order valence-corrected chi connectivity index (χ4v) is 3.86. The Hall–Kier alpha value is -0.860. The molecule has 122 valence electrons. The monoisotopic (exact) mass is 302 g/mol. The summed E-state index contributed by atoms with van der Waals surface area (Å²) in [5, 5.41) is 0. The standard InChI is InChI=1S/C20H30O2/c1-3-15-5-7-16(8-6-15)17-9-11-18(12-10-17)20-14-21-19(4-2)13-22-20/h9-12,15-16,19-20H,3-8,13-14H2,1-2H3/t15?,16?,19-,20-/m0/s1. The molecule has 1 aromatic carbocycles. The van der Waals surface area contributed by atoms with Crippen LogP contribution < -0.4 is 0 Å². The van der Waals surface area contributed by atoms with Crippen LogP contribution in [0.2, 0.25) is 0 Å². The number of hydrogen-bond acceptors (Lipinski definition) is 2. The maximum Gasteiger partial charge on any atom is 0.106 e. The average Bonchev–Trinajstić information content (AvgIpc) is 2.62. The van der Waals surface area contributed by atoms with Gasteiger partial charge in [-0.1, -0.05) is 44.5 Å². The van der Waals surface area contributed by atoms with Crippen LogP contribution in [0.1, 0.15) is 75.5 Å². The lowest BCUT2D eigenvalue weighted by molar-refractivity contribution is -0.135. The molecule has 2 aliphatic rings. The predicted molar refractivity (Wildman–Crippen MR) is 90.2 cm³/mol. The van der Waals surface area contributed by atoms with Crippen molar-refractivity contribution < 1.29 is 9.47 Å². The fraction of sp³-hybridized carbons (Fsp3) is 0.700. The molecule has 1 aliphatic carbocycles. The van der Waals surface area contributed by atoms with Gasteiger partial charge in [-0.05, 0) is 55.1 Å². The predicted octanol–water partition coefficient (Wildman–Crippen LogP) is 5.24. The Bertz CT molecular complexity index is 394. The van der Waals surface area contributed by atoms with Crippen LogP contribution in [0.5, 0.6) is 0 Å². The van der Waals surface area contributed by atoms with Crippen LogP contribution in [0.25, 0.3) is 0 Å². The van der Waals surface area contributed by atoms with Crippen molar-refractivity contribution in [3.63, 3.8) is 0 Å². The first-order valence-corrected chi connectivity index (χ1v) is 9.13. The van der Waals surface area contributed by atoms with E-state index in [1.165, 1.54) is 43.2 Å². The van der Waals surface area contributed by atoms with E-state index in [-0.39, 0.29) is 12.2 Å². The number of ether oxygens (including phenoxy) is 2. The zero-order valence-electron chi connectivity index (χ0n) is 14.1. The minimum absolute atomic E-state index is 0.118. The second-order valence-electron chi connectivity index (χ2n) is 6.98. The highest BCUT2D eigenvalue weighted by Crippen LogP contribution is 2.37. The van der Waals surface area contributed by atoms with Gasteiger partial charge in [-0.2, -0.15) is 0 Å². The zero-order chi connectivity index (χ0) is 15.4. The quantitative estimate of drug-likeness (QED) is 0.757. The summed E-state index contributed by atoms with van der Waals surface area (Å²) in [4.78, 5) is 0. The van der Waals surface area contributed by atoms with Gasteiger partial charge >= 0.3 is 0 Å². The van der Waals surface area contributed by atoms with Crippen LogP contribution in [-0.4, -0.2) is 19.3 Å². The third-order valence-electron chi connectivity index (χ3n) is 5.63. The molecule has 2 heteroatoms. The lowest BCUT2D eigenvalue weighted by Crippen LogP contribution is -2.30. The Morgan fingerprint density at radius 3 is 2.05 bits per heavy atom. The molecular formula is C20H30O2. The van der Waals surface area contributed by atoms with Gasteiger partial charge in [0.15, 0.2) is 0 Å². The summed E-state index contributed by atoms with van der Waals surface area (Å²) >= 11 is 0. The number of rotatable bonds is 4. The van der Waals surface area contributed by atoms with Crippen molar-refractivity contribution >= 4 is 0 Å². The first kappa shape index (κ1) is 16.0. The van der Waals surface area contributed by atoms with Crippen molar-refractivity contribution in [2.75, 3.05) is 13.2 Å². The van der Waals surface area contributed by atoms with Crippen molar-refractivity contribution in [2.45, 2.75) is 70.5 Å². The lowest BCUT2D eigenvalue weighted by atomic mass is 9.78. The molecule has 0 bridgehead atoms.